The van der Waals surface area contributed by atoms with Crippen molar-refractivity contribution < 1.29 is 14.3 Å². The number of amides is 1. The van der Waals surface area contributed by atoms with Gasteiger partial charge in [-0.15, -0.1) is 5.73 Å². The molecular formula is C30H35N7O3. The van der Waals surface area contributed by atoms with Crippen LogP contribution >= 0.6 is 0 Å². The third-order valence-corrected chi connectivity index (χ3v) is 6.48. The maximum absolute atomic E-state index is 12.5. The molecule has 2 aromatic heterocycles. The van der Waals surface area contributed by atoms with E-state index in [-0.39, 0.29) is 5.91 Å². The van der Waals surface area contributed by atoms with Crippen LogP contribution in [-0.2, 0) is 11.8 Å². The van der Waals surface area contributed by atoms with Crippen LogP contribution in [0.25, 0.3) is 22.2 Å². The number of methoxy groups -OCH3 is 2. The second-order valence-corrected chi connectivity index (χ2v) is 9.54. The van der Waals surface area contributed by atoms with Crippen molar-refractivity contribution in [2.24, 2.45) is 7.05 Å². The van der Waals surface area contributed by atoms with Gasteiger partial charge in [-0.05, 0) is 26.2 Å². The Morgan fingerprint density at radius 3 is 2.55 bits per heavy atom. The van der Waals surface area contributed by atoms with Crippen molar-refractivity contribution in [3.63, 3.8) is 0 Å². The molecule has 208 valence electrons. The van der Waals surface area contributed by atoms with Gasteiger partial charge in [0.1, 0.15) is 11.4 Å². The first kappa shape index (κ1) is 28.2. The predicted octanol–water partition coefficient (Wildman–Crippen LogP) is 4.67. The van der Waals surface area contributed by atoms with Crippen LogP contribution in [0.2, 0.25) is 0 Å². The average molecular weight is 542 g/mol. The molecule has 0 spiro atoms. The fourth-order valence-electron chi connectivity index (χ4n) is 4.41. The molecule has 0 unspecified atom stereocenters. The van der Waals surface area contributed by atoms with Gasteiger partial charge in [0.25, 0.3) is 5.91 Å². The van der Waals surface area contributed by atoms with Crippen LogP contribution in [0.3, 0.4) is 0 Å². The number of para-hydroxylation sites is 1. The average Bonchev–Trinajstić information content (AvgIpc) is 3.28. The lowest BCUT2D eigenvalue weighted by Crippen LogP contribution is -2.29. The Morgan fingerprint density at radius 1 is 1.10 bits per heavy atom. The summed E-state index contributed by atoms with van der Waals surface area (Å²) in [7, 11) is 11.2. The monoisotopic (exact) mass is 541 g/mol. The Labute approximate surface area is 234 Å². The van der Waals surface area contributed by atoms with Gasteiger partial charge in [0.2, 0.25) is 5.95 Å². The number of aromatic nitrogens is 3. The van der Waals surface area contributed by atoms with E-state index >= 15 is 0 Å². The Balaban J connectivity index is 1.77. The lowest BCUT2D eigenvalue weighted by Gasteiger charge is -2.26. The fraction of sp³-hybridized carbons (Fsp3) is 0.267. The minimum Gasteiger partial charge on any atom is -0.494 e. The largest absolute Gasteiger partial charge is 0.494 e. The third-order valence-electron chi connectivity index (χ3n) is 6.48. The lowest BCUT2D eigenvalue weighted by atomic mass is 10.1. The lowest BCUT2D eigenvalue weighted by molar-refractivity contribution is -0.111. The molecule has 40 heavy (non-hydrogen) atoms. The summed E-state index contributed by atoms with van der Waals surface area (Å²) in [6.07, 6.45) is 4.92. The molecule has 0 fully saturated rings. The number of nitrogens with zero attached hydrogens (tertiary/aromatic N) is 5. The van der Waals surface area contributed by atoms with Gasteiger partial charge in [0, 0.05) is 62.0 Å². The quantitative estimate of drug-likeness (QED) is 0.209. The van der Waals surface area contributed by atoms with E-state index in [0.717, 1.165) is 35.2 Å². The number of carbonyl (C=O) groups is 1. The number of anilines is 4. The molecule has 0 radical (unpaired) electrons. The van der Waals surface area contributed by atoms with Crippen molar-refractivity contribution in [2.45, 2.75) is 0 Å². The Morgan fingerprint density at radius 2 is 1.85 bits per heavy atom. The van der Waals surface area contributed by atoms with Gasteiger partial charge in [-0.2, -0.15) is 0 Å². The number of hydrogen-bond acceptors (Lipinski definition) is 8. The summed E-state index contributed by atoms with van der Waals surface area (Å²) in [5.74, 6) is 1.12. The molecule has 1 amide bonds. The Kier molecular flexibility index (Phi) is 8.73. The summed E-state index contributed by atoms with van der Waals surface area (Å²) in [4.78, 5) is 25.9. The molecule has 0 bridgehead atoms. The zero-order chi connectivity index (χ0) is 28.8. The number of fused-ring (bicyclic) bond motifs is 1. The minimum absolute atomic E-state index is 0.340. The maximum Gasteiger partial charge on any atom is 0.256 e. The summed E-state index contributed by atoms with van der Waals surface area (Å²) in [5, 5.41) is 7.25. The molecule has 4 aromatic rings. The van der Waals surface area contributed by atoms with Crippen molar-refractivity contribution in [1.29, 1.82) is 0 Å². The van der Waals surface area contributed by atoms with Gasteiger partial charge in [-0.25, -0.2) is 9.97 Å². The van der Waals surface area contributed by atoms with E-state index in [1.165, 1.54) is 6.08 Å². The number of ether oxygens (including phenoxy) is 2. The number of nitrogens with one attached hydrogen (secondary N) is 2. The summed E-state index contributed by atoms with van der Waals surface area (Å²) in [6, 6.07) is 11.8. The van der Waals surface area contributed by atoms with Crippen LogP contribution in [-0.4, -0.2) is 73.8 Å². The van der Waals surface area contributed by atoms with Gasteiger partial charge in [0.15, 0.2) is 5.75 Å². The summed E-state index contributed by atoms with van der Waals surface area (Å²) in [6.45, 7) is 5.06. The third kappa shape index (κ3) is 6.09. The second-order valence-electron chi connectivity index (χ2n) is 9.54. The van der Waals surface area contributed by atoms with Crippen LogP contribution in [0.15, 0.2) is 67.2 Å². The molecule has 0 aliphatic rings. The van der Waals surface area contributed by atoms with Gasteiger partial charge < -0.3 is 34.5 Å². The Hall–Kier alpha value is -4.79. The molecule has 0 atom stereocenters. The molecule has 2 N–H and O–H groups in total. The molecule has 0 saturated carbocycles. The van der Waals surface area contributed by atoms with Gasteiger partial charge in [-0.3, -0.25) is 4.79 Å². The number of hydrogen-bond donors (Lipinski definition) is 2. The summed E-state index contributed by atoms with van der Waals surface area (Å²) in [5.41, 5.74) is 7.14. The number of benzene rings is 2. The molecule has 0 aliphatic heterocycles. The fourth-order valence-corrected chi connectivity index (χ4v) is 4.41. The molecule has 2 aromatic carbocycles. The highest BCUT2D eigenvalue weighted by molar-refractivity contribution is 6.02. The maximum atomic E-state index is 12.5. The molecular weight excluding hydrogens is 506 g/mol. The smallest absolute Gasteiger partial charge is 0.256 e. The van der Waals surface area contributed by atoms with Gasteiger partial charge >= 0.3 is 0 Å². The van der Waals surface area contributed by atoms with Crippen molar-refractivity contribution in [2.75, 3.05) is 64.0 Å². The highest BCUT2D eigenvalue weighted by Gasteiger charge is 2.19. The SMILES string of the molecule is C=C=CC(=O)Nc1cc(Nc2ncc(OC)c(-c3cn(C)c4ccccc34)n2)c(OC)cc1N(C)CCN(C)C. The van der Waals surface area contributed by atoms with Crippen molar-refractivity contribution in [1.82, 2.24) is 19.4 Å². The highest BCUT2D eigenvalue weighted by atomic mass is 16.5. The second kappa shape index (κ2) is 12.4. The zero-order valence-electron chi connectivity index (χ0n) is 23.8. The summed E-state index contributed by atoms with van der Waals surface area (Å²) < 4.78 is 13.4. The highest BCUT2D eigenvalue weighted by Crippen LogP contribution is 2.39. The standard InChI is InChI=1S/C30H35N7O3/c1-8-11-28(38)32-22-16-23(26(39-6)17-25(22)36(4)15-14-35(2)3)33-30-31-18-27(40-7)29(34-30)21-19-37(5)24-13-10-9-12-20(21)24/h9-13,16-19H,1,14-15H2,2-7H3,(H,32,38)(H,31,33,34). The van der Waals surface area contributed by atoms with Crippen molar-refractivity contribution >= 4 is 39.8 Å². The van der Waals surface area contributed by atoms with Crippen molar-refractivity contribution in [3.8, 4) is 22.8 Å². The summed E-state index contributed by atoms with van der Waals surface area (Å²) >= 11 is 0. The molecule has 2 heterocycles. The topological polar surface area (TPSA) is 96.8 Å². The Bertz CT molecular complexity index is 1570. The predicted molar refractivity (Wildman–Crippen MR) is 161 cm³/mol. The van der Waals surface area contributed by atoms with E-state index in [1.807, 2.05) is 52.6 Å². The van der Waals surface area contributed by atoms with Gasteiger partial charge in [-0.1, -0.05) is 24.8 Å². The van der Waals surface area contributed by atoms with E-state index < -0.39 is 0 Å². The zero-order valence-corrected chi connectivity index (χ0v) is 23.8. The van der Waals surface area contributed by atoms with E-state index in [2.05, 4.69) is 54.4 Å². The first-order valence-corrected chi connectivity index (χ1v) is 12.7. The molecule has 10 heteroatoms. The van der Waals surface area contributed by atoms with E-state index in [0.29, 0.717) is 34.5 Å². The molecule has 0 saturated heterocycles. The normalized spacial score (nSPS) is 10.8. The van der Waals surface area contributed by atoms with E-state index in [9.17, 15) is 4.79 Å². The first-order valence-electron chi connectivity index (χ1n) is 12.7. The molecule has 0 aliphatic carbocycles. The van der Waals surface area contributed by atoms with Crippen LogP contribution in [0.4, 0.5) is 23.0 Å². The number of rotatable bonds is 11. The minimum atomic E-state index is -0.340. The van der Waals surface area contributed by atoms with Crippen LogP contribution in [0, 0.1) is 0 Å². The number of aryl methyl sites for hydroxylation is 1. The number of likely N-dealkylation sites (N-methyl/N-ethyl adjacent to an activating group) is 2. The van der Waals surface area contributed by atoms with Gasteiger partial charge in [0.05, 0.1) is 37.5 Å². The molecule has 4 rings (SSSR count). The van der Waals surface area contributed by atoms with Crippen LogP contribution < -0.4 is 25.0 Å². The van der Waals surface area contributed by atoms with E-state index in [1.54, 1.807) is 26.5 Å². The van der Waals surface area contributed by atoms with Crippen LogP contribution in [0.5, 0.6) is 11.5 Å². The van der Waals surface area contributed by atoms with E-state index in [4.69, 9.17) is 14.5 Å². The molecule has 10 nitrogen and oxygen atoms in total. The number of carbonyl (C=O) groups excluding carboxylic acids is 1. The van der Waals surface area contributed by atoms with Crippen LogP contribution in [0.1, 0.15) is 0 Å². The first-order chi connectivity index (χ1) is 19.2. The van der Waals surface area contributed by atoms with Crippen molar-refractivity contribution in [3.05, 3.63) is 67.2 Å².